The Morgan fingerprint density at radius 3 is 2.61 bits per heavy atom. The van der Waals surface area contributed by atoms with Crippen LogP contribution in [0, 0.1) is 17.1 Å². The van der Waals surface area contributed by atoms with Gasteiger partial charge in [-0.05, 0) is 60.9 Å². The molecule has 41 heavy (non-hydrogen) atoms. The lowest BCUT2D eigenvalue weighted by molar-refractivity contribution is 0.102. The van der Waals surface area contributed by atoms with Crippen LogP contribution in [0.5, 0.6) is 5.75 Å². The SMILES string of the molecule is N#Cc1cc(-c2cnc3ccc(N4CCCC4c4cccc(F)c4)nn23)ccc1OCCN1CCN(CCO)CC1. The number of β-amino-alcohol motifs (C(OH)–C–C–N with tert-alkyl or cyclic N) is 1. The zero-order valence-electron chi connectivity index (χ0n) is 23.0. The van der Waals surface area contributed by atoms with Gasteiger partial charge in [0.25, 0.3) is 0 Å². The van der Waals surface area contributed by atoms with Crippen molar-refractivity contribution in [3.8, 4) is 23.1 Å². The first-order valence-corrected chi connectivity index (χ1v) is 14.2. The average molecular weight is 556 g/mol. The second-order valence-corrected chi connectivity index (χ2v) is 10.6. The van der Waals surface area contributed by atoms with Crippen molar-refractivity contribution in [2.45, 2.75) is 18.9 Å². The molecule has 0 spiro atoms. The molecule has 0 amide bonds. The molecule has 1 unspecified atom stereocenters. The molecule has 10 heteroatoms. The van der Waals surface area contributed by atoms with Crippen molar-refractivity contribution in [3.63, 3.8) is 0 Å². The van der Waals surface area contributed by atoms with Gasteiger partial charge in [-0.15, -0.1) is 5.10 Å². The van der Waals surface area contributed by atoms with E-state index in [9.17, 15) is 9.65 Å². The van der Waals surface area contributed by atoms with Crippen LogP contribution in [0.25, 0.3) is 16.9 Å². The monoisotopic (exact) mass is 555 g/mol. The highest BCUT2D eigenvalue weighted by atomic mass is 19.1. The summed E-state index contributed by atoms with van der Waals surface area (Å²) in [6.45, 7) is 6.80. The molecule has 1 N–H and O–H groups in total. The van der Waals surface area contributed by atoms with Crippen LogP contribution in [-0.4, -0.2) is 88.5 Å². The quantitative estimate of drug-likeness (QED) is 0.334. The van der Waals surface area contributed by atoms with Crippen LogP contribution >= 0.6 is 0 Å². The van der Waals surface area contributed by atoms with Crippen molar-refractivity contribution in [2.75, 3.05) is 63.9 Å². The fourth-order valence-corrected chi connectivity index (χ4v) is 5.88. The molecule has 4 heterocycles. The van der Waals surface area contributed by atoms with Gasteiger partial charge in [0.15, 0.2) is 5.65 Å². The number of anilines is 1. The maximum absolute atomic E-state index is 13.9. The number of rotatable bonds is 9. The molecular weight excluding hydrogens is 521 g/mol. The van der Waals surface area contributed by atoms with E-state index >= 15 is 0 Å². The molecule has 0 saturated carbocycles. The summed E-state index contributed by atoms with van der Waals surface area (Å²) in [5.41, 5.74) is 3.74. The molecule has 2 fully saturated rings. The third-order valence-corrected chi connectivity index (χ3v) is 8.07. The Balaban J connectivity index is 1.17. The Morgan fingerprint density at radius 2 is 1.83 bits per heavy atom. The van der Waals surface area contributed by atoms with Gasteiger partial charge < -0.3 is 14.7 Å². The second kappa shape index (κ2) is 12.2. The molecule has 212 valence electrons. The number of nitriles is 1. The van der Waals surface area contributed by atoms with E-state index in [2.05, 4.69) is 25.8 Å². The fraction of sp³-hybridized carbons (Fsp3) is 0.387. The molecule has 2 aromatic heterocycles. The van der Waals surface area contributed by atoms with Gasteiger partial charge in [-0.2, -0.15) is 5.26 Å². The van der Waals surface area contributed by atoms with Gasteiger partial charge in [-0.1, -0.05) is 12.1 Å². The second-order valence-electron chi connectivity index (χ2n) is 10.6. The molecule has 0 aliphatic carbocycles. The molecule has 6 rings (SSSR count). The van der Waals surface area contributed by atoms with Gasteiger partial charge in [0.05, 0.1) is 30.1 Å². The first-order valence-electron chi connectivity index (χ1n) is 14.2. The summed E-state index contributed by atoms with van der Waals surface area (Å²) in [6.07, 6.45) is 3.71. The number of fused-ring (bicyclic) bond motifs is 1. The number of hydrogen-bond acceptors (Lipinski definition) is 8. The first-order chi connectivity index (χ1) is 20.1. The zero-order valence-corrected chi connectivity index (χ0v) is 23.0. The highest BCUT2D eigenvalue weighted by Crippen LogP contribution is 2.36. The Labute approximate surface area is 239 Å². The number of ether oxygens (including phenoxy) is 1. The summed E-state index contributed by atoms with van der Waals surface area (Å²) in [7, 11) is 0. The number of halogens is 1. The smallest absolute Gasteiger partial charge is 0.154 e. The van der Waals surface area contributed by atoms with E-state index < -0.39 is 0 Å². The van der Waals surface area contributed by atoms with Crippen molar-refractivity contribution >= 4 is 11.5 Å². The van der Waals surface area contributed by atoms with Gasteiger partial charge in [0, 0.05) is 51.4 Å². The van der Waals surface area contributed by atoms with E-state index in [0.717, 1.165) is 81.3 Å². The zero-order chi connectivity index (χ0) is 28.2. The van der Waals surface area contributed by atoms with Crippen LogP contribution < -0.4 is 9.64 Å². The number of hydrogen-bond donors (Lipinski definition) is 1. The largest absolute Gasteiger partial charge is 0.491 e. The molecule has 4 aromatic rings. The Morgan fingerprint density at radius 1 is 1.00 bits per heavy atom. The van der Waals surface area contributed by atoms with Crippen molar-refractivity contribution in [1.82, 2.24) is 24.4 Å². The van der Waals surface area contributed by atoms with Crippen LogP contribution in [0.3, 0.4) is 0 Å². The highest BCUT2D eigenvalue weighted by Gasteiger charge is 2.28. The van der Waals surface area contributed by atoms with Gasteiger partial charge in [0.2, 0.25) is 0 Å². The molecule has 0 bridgehead atoms. The lowest BCUT2D eigenvalue weighted by Gasteiger charge is -2.34. The lowest BCUT2D eigenvalue weighted by Crippen LogP contribution is -2.48. The van der Waals surface area contributed by atoms with Gasteiger partial charge >= 0.3 is 0 Å². The maximum Gasteiger partial charge on any atom is 0.154 e. The number of aromatic nitrogens is 3. The van der Waals surface area contributed by atoms with Gasteiger partial charge in [0.1, 0.15) is 30.1 Å². The minimum atomic E-state index is -0.229. The number of nitrogens with zero attached hydrogens (tertiary/aromatic N) is 7. The van der Waals surface area contributed by atoms with Crippen molar-refractivity contribution < 1.29 is 14.2 Å². The van der Waals surface area contributed by atoms with E-state index in [1.807, 2.05) is 40.9 Å². The Hall–Kier alpha value is -4.04. The number of aliphatic hydroxyl groups is 1. The standard InChI is InChI=1S/C31H34FN7O2/c32-26-4-1-3-23(20-26)27-5-2-10-38(27)31-9-8-30-34-22-28(39(30)35-31)24-6-7-29(25(19-24)21-33)41-18-16-37-13-11-36(12-14-37)15-17-40/h1,3-4,6-9,19-20,22,27,40H,2,5,10-18H2. The molecule has 2 aromatic carbocycles. The number of piperazine rings is 1. The molecule has 2 saturated heterocycles. The van der Waals surface area contributed by atoms with Crippen LogP contribution in [0.4, 0.5) is 10.2 Å². The number of imidazole rings is 1. The van der Waals surface area contributed by atoms with Crippen LogP contribution in [-0.2, 0) is 0 Å². The average Bonchev–Trinajstić information content (AvgIpc) is 3.66. The molecule has 2 aliphatic heterocycles. The normalized spacial score (nSPS) is 18.2. The Bertz CT molecular complexity index is 1540. The van der Waals surface area contributed by atoms with Crippen LogP contribution in [0.1, 0.15) is 30.0 Å². The maximum atomic E-state index is 13.9. The minimum absolute atomic E-state index is 0.0636. The van der Waals surface area contributed by atoms with Crippen LogP contribution in [0.15, 0.2) is 60.8 Å². The van der Waals surface area contributed by atoms with Gasteiger partial charge in [-0.3, -0.25) is 9.80 Å². The number of aliphatic hydroxyl groups excluding tert-OH is 1. The lowest BCUT2D eigenvalue weighted by atomic mass is 10.0. The van der Waals surface area contributed by atoms with Gasteiger partial charge in [-0.25, -0.2) is 13.9 Å². The Kier molecular flexibility index (Phi) is 8.09. The topological polar surface area (TPSA) is 93.2 Å². The molecular formula is C31H34FN7O2. The van der Waals surface area contributed by atoms with E-state index in [0.29, 0.717) is 23.6 Å². The predicted molar refractivity (Wildman–Crippen MR) is 154 cm³/mol. The van der Waals surface area contributed by atoms with E-state index in [4.69, 9.17) is 14.9 Å². The van der Waals surface area contributed by atoms with E-state index in [1.165, 1.54) is 6.07 Å². The highest BCUT2D eigenvalue weighted by molar-refractivity contribution is 5.67. The summed E-state index contributed by atoms with van der Waals surface area (Å²) in [5, 5.41) is 23.9. The first kappa shape index (κ1) is 27.1. The third kappa shape index (κ3) is 5.88. The summed E-state index contributed by atoms with van der Waals surface area (Å²) in [4.78, 5) is 11.4. The summed E-state index contributed by atoms with van der Waals surface area (Å²) in [6, 6.07) is 18.7. The van der Waals surface area contributed by atoms with E-state index in [-0.39, 0.29) is 18.5 Å². The summed E-state index contributed by atoms with van der Waals surface area (Å²) >= 11 is 0. The van der Waals surface area contributed by atoms with Crippen molar-refractivity contribution in [3.05, 3.63) is 77.7 Å². The van der Waals surface area contributed by atoms with E-state index in [1.54, 1.807) is 18.3 Å². The molecule has 2 aliphatic rings. The fourth-order valence-electron chi connectivity index (χ4n) is 5.88. The molecule has 9 nitrogen and oxygen atoms in total. The minimum Gasteiger partial charge on any atom is -0.491 e. The summed E-state index contributed by atoms with van der Waals surface area (Å²) < 4.78 is 21.8. The molecule has 1 atom stereocenters. The van der Waals surface area contributed by atoms with Crippen LogP contribution in [0.2, 0.25) is 0 Å². The molecule has 0 radical (unpaired) electrons. The summed E-state index contributed by atoms with van der Waals surface area (Å²) in [5.74, 6) is 1.14. The van der Waals surface area contributed by atoms with Crippen molar-refractivity contribution in [2.24, 2.45) is 0 Å². The van der Waals surface area contributed by atoms with Crippen molar-refractivity contribution in [1.29, 1.82) is 5.26 Å². The number of benzene rings is 2. The predicted octanol–water partition coefficient (Wildman–Crippen LogP) is 3.74. The third-order valence-electron chi connectivity index (χ3n) is 8.07.